The number of halogens is 3. The van der Waals surface area contributed by atoms with E-state index in [0.29, 0.717) is 0 Å². The van der Waals surface area contributed by atoms with Gasteiger partial charge in [-0.1, -0.05) is 0 Å². The van der Waals surface area contributed by atoms with Crippen molar-refractivity contribution in [3.8, 4) is 0 Å². The van der Waals surface area contributed by atoms with E-state index in [1.165, 1.54) is 0 Å². The van der Waals surface area contributed by atoms with Gasteiger partial charge in [-0.2, -0.15) is 28.0 Å². The van der Waals surface area contributed by atoms with E-state index in [1.807, 2.05) is 0 Å². The number of nitrogens with zero attached hydrogens (tertiary/aromatic N) is 6. The van der Waals surface area contributed by atoms with Gasteiger partial charge in [-0.3, -0.25) is 0 Å². The molecule has 6 nitrogen and oxygen atoms in total. The van der Waals surface area contributed by atoms with Gasteiger partial charge in [0, 0.05) is 84.6 Å². The fourth-order valence-electron chi connectivity index (χ4n) is 2.40. The van der Waals surface area contributed by atoms with Crippen LogP contribution in [-0.4, -0.2) is 113 Å². The van der Waals surface area contributed by atoms with Crippen LogP contribution in [0, 0.1) is 0 Å². The third kappa shape index (κ3) is 19.0. The number of hydrogen-bond acceptors (Lipinski definition) is 6. The van der Waals surface area contributed by atoms with E-state index in [-0.39, 0.29) is 0 Å². The second-order valence-corrected chi connectivity index (χ2v) is 21.8. The number of hydrogen-bond donors (Lipinski definition) is 0. The van der Waals surface area contributed by atoms with Crippen molar-refractivity contribution in [3.63, 3.8) is 0 Å². The molecule has 0 aromatic rings. The van der Waals surface area contributed by atoms with Crippen molar-refractivity contribution in [2.75, 3.05) is 84.6 Å². The Morgan fingerprint density at radius 2 is 0.500 bits per heavy atom. The van der Waals surface area contributed by atoms with E-state index in [1.54, 1.807) is 0 Å². The van der Waals surface area contributed by atoms with Crippen molar-refractivity contribution in [3.05, 3.63) is 0 Å². The van der Waals surface area contributed by atoms with E-state index in [0.717, 1.165) is 0 Å². The molecule has 12 heteroatoms. The van der Waals surface area contributed by atoms with Crippen LogP contribution < -0.4 is 0 Å². The first-order valence-electron chi connectivity index (χ1n) is 7.17. The van der Waals surface area contributed by atoms with Gasteiger partial charge in [-0.15, -0.1) is 0 Å². The van der Waals surface area contributed by atoms with Gasteiger partial charge < -0.3 is 0 Å². The van der Waals surface area contributed by atoms with Crippen molar-refractivity contribution in [2.24, 2.45) is 0 Å². The molecule has 0 heterocycles. The van der Waals surface area contributed by atoms with Crippen molar-refractivity contribution in [2.45, 2.75) is 0 Å². The second-order valence-electron chi connectivity index (χ2n) is 6.14. The Bertz CT molecular complexity index is 223. The Labute approximate surface area is 171 Å². The van der Waals surface area contributed by atoms with Crippen LogP contribution in [0.2, 0.25) is 0 Å². The average Bonchev–Trinajstić information content (AvgIpc) is 2.23. The second kappa shape index (κ2) is 17.3. The molecule has 0 aliphatic rings. The van der Waals surface area contributed by atoms with Gasteiger partial charge in [0.15, 0.2) is 0 Å². The molecule has 0 bridgehead atoms. The van der Waals surface area contributed by atoms with Crippen molar-refractivity contribution < 1.29 is 14.2 Å². The van der Waals surface area contributed by atoms with Crippen molar-refractivity contribution in [1.29, 1.82) is 0 Å². The summed E-state index contributed by atoms with van der Waals surface area (Å²) >= 11 is -1.94. The maximum absolute atomic E-state index is 4.98. The molecular weight excluding hydrogens is 492 g/mol. The zero-order valence-electron chi connectivity index (χ0n) is 17.2. The summed E-state index contributed by atoms with van der Waals surface area (Å²) in [5, 5.41) is 0. The molecule has 0 aromatic carbocycles. The van der Waals surface area contributed by atoms with E-state index >= 15 is 0 Å². The van der Waals surface area contributed by atoms with Gasteiger partial charge in [0.1, 0.15) is 0 Å². The molecule has 0 unspecified atom stereocenters. The van der Waals surface area contributed by atoms with Crippen LogP contribution in [0.5, 0.6) is 0 Å². The van der Waals surface area contributed by atoms with Gasteiger partial charge in [-0.25, -0.2) is 0 Å². The Balaban J connectivity index is -0.000000301. The first-order valence-corrected chi connectivity index (χ1v) is 17.6. The van der Waals surface area contributed by atoms with Crippen LogP contribution in [0.25, 0.3) is 0 Å². The van der Waals surface area contributed by atoms with Crippen LogP contribution in [0.3, 0.4) is 0 Å². The molecule has 0 aromatic heterocycles. The molecule has 0 N–H and O–H groups in total. The van der Waals surface area contributed by atoms with Crippen LogP contribution in [0.4, 0.5) is 0 Å². The van der Waals surface area contributed by atoms with Gasteiger partial charge >= 0.3 is 42.4 Å². The van der Waals surface area contributed by atoms with E-state index in [4.69, 9.17) is 28.3 Å². The van der Waals surface area contributed by atoms with E-state index in [2.05, 4.69) is 113 Å². The normalized spacial score (nSPS) is 12.0. The van der Waals surface area contributed by atoms with Gasteiger partial charge in [-0.05, 0) is 0 Å². The third-order valence-electron chi connectivity index (χ3n) is 2.40. The SMILES string of the molecule is CN(C)[PH+](N(C)C)N(C)C.CN(C)[PH+](N(C)C)N(C)C.[Cl][Mo]([Cl])[Cl]. The predicted molar refractivity (Wildman–Crippen MR) is 116 cm³/mol. The Morgan fingerprint density at radius 3 is 0.500 bits per heavy atom. The zero-order chi connectivity index (χ0) is 20.2. The van der Waals surface area contributed by atoms with E-state index in [9.17, 15) is 0 Å². The van der Waals surface area contributed by atoms with Gasteiger partial charge in [0.25, 0.3) is 0 Å². The quantitative estimate of drug-likeness (QED) is 0.385. The van der Waals surface area contributed by atoms with E-state index < -0.39 is 30.9 Å². The van der Waals surface area contributed by atoms with Crippen molar-refractivity contribution >= 4 is 45.0 Å². The topological polar surface area (TPSA) is 19.4 Å². The fourth-order valence-corrected chi connectivity index (χ4v) is 7.20. The Morgan fingerprint density at radius 1 is 0.417 bits per heavy atom. The van der Waals surface area contributed by atoms with Crippen LogP contribution in [0.1, 0.15) is 0 Å². The summed E-state index contributed by atoms with van der Waals surface area (Å²) in [6, 6.07) is 0. The molecule has 0 radical (unpaired) electrons. The minimum atomic E-state index is -1.94. The molecule has 0 rings (SSSR count). The summed E-state index contributed by atoms with van der Waals surface area (Å²) in [6.45, 7) is 0. The molecule has 151 valence electrons. The minimum absolute atomic E-state index is 0.596. The molecule has 0 spiro atoms. The summed E-state index contributed by atoms with van der Waals surface area (Å²) in [5.41, 5.74) is 0. The van der Waals surface area contributed by atoms with Crippen molar-refractivity contribution in [1.82, 2.24) is 28.0 Å². The fraction of sp³-hybridized carbons (Fsp3) is 1.00. The third-order valence-corrected chi connectivity index (χ3v) is 7.20. The molecular formula is C12H38Cl3MoN6P2+2. The van der Waals surface area contributed by atoms with Crippen LogP contribution >= 0.6 is 45.0 Å². The standard InChI is InChI=1S/2C6H18N3P.3ClH.Mo/c2*1-7(2)10(8(3)4)9(5)6;;;;/h2*1-6H3;3*1H;/q;;;;;+3/p-1. The van der Waals surface area contributed by atoms with Crippen LogP contribution in [-0.2, 0) is 14.2 Å². The molecule has 0 atom stereocenters. The first kappa shape index (κ1) is 30.9. The monoisotopic (exact) mass is 531 g/mol. The molecule has 0 aliphatic heterocycles. The van der Waals surface area contributed by atoms with Gasteiger partial charge in [0.05, 0.1) is 0 Å². The molecule has 0 amide bonds. The molecule has 0 aliphatic carbocycles. The predicted octanol–water partition coefficient (Wildman–Crippen LogP) is 3.33. The zero-order valence-corrected chi connectivity index (χ0v) is 23.5. The molecule has 0 fully saturated rings. The summed E-state index contributed by atoms with van der Waals surface area (Å²) < 4.78 is 13.6. The molecule has 0 saturated heterocycles. The average molecular weight is 531 g/mol. The first-order chi connectivity index (χ1) is 10.7. The van der Waals surface area contributed by atoms with Crippen LogP contribution in [0.15, 0.2) is 0 Å². The maximum atomic E-state index is 4.98. The molecule has 24 heavy (non-hydrogen) atoms. The molecule has 0 saturated carbocycles. The number of rotatable bonds is 6. The summed E-state index contributed by atoms with van der Waals surface area (Å²) in [4.78, 5) is 0. The Kier molecular flexibility index (Phi) is 22.3. The summed E-state index contributed by atoms with van der Waals surface area (Å²) in [7, 11) is 39.2. The summed E-state index contributed by atoms with van der Waals surface area (Å²) in [6.07, 6.45) is 0. The Hall–Kier alpha value is 2.18. The summed E-state index contributed by atoms with van der Waals surface area (Å²) in [5.74, 6) is 0. The van der Waals surface area contributed by atoms with Gasteiger partial charge in [0.2, 0.25) is 16.7 Å².